The highest BCUT2D eigenvalue weighted by molar-refractivity contribution is 5.28. The van der Waals surface area contributed by atoms with Crippen molar-refractivity contribution in [2.24, 2.45) is 5.84 Å². The second-order valence-electron chi connectivity index (χ2n) is 2.52. The maximum atomic E-state index is 9.39. The van der Waals surface area contributed by atoms with Gasteiger partial charge in [0.25, 0.3) is 0 Å². The molecule has 5 N–H and O–H groups in total. The summed E-state index contributed by atoms with van der Waals surface area (Å²) in [5.41, 5.74) is 3.00. The fraction of sp³-hybridized carbons (Fsp3) is 0.250. The molecule has 1 aromatic rings. The molecule has 0 saturated carbocycles. The second-order valence-corrected chi connectivity index (χ2v) is 2.52. The number of phenols is 1. The van der Waals surface area contributed by atoms with Crippen molar-refractivity contribution in [3.8, 4) is 5.75 Å². The van der Waals surface area contributed by atoms with E-state index in [0.717, 1.165) is 0 Å². The van der Waals surface area contributed by atoms with Gasteiger partial charge in [-0.15, -0.1) is 0 Å². The highest BCUT2D eigenvalue weighted by atomic mass is 16.3. The number of aliphatic hydroxyl groups excluding tert-OH is 1. The topological polar surface area (TPSA) is 78.5 Å². The Balaban J connectivity index is 2.73. The number of hydrazine groups is 1. The quantitative estimate of drug-likeness (QED) is 0.375. The molecule has 66 valence electrons. The van der Waals surface area contributed by atoms with Gasteiger partial charge in [0, 0.05) is 6.54 Å². The summed E-state index contributed by atoms with van der Waals surface area (Å²) in [4.78, 5) is 0. The molecule has 0 aliphatic rings. The Bertz CT molecular complexity index is 253. The molecule has 0 aliphatic heterocycles. The van der Waals surface area contributed by atoms with E-state index in [0.29, 0.717) is 5.56 Å². The van der Waals surface area contributed by atoms with E-state index in [1.54, 1.807) is 18.2 Å². The van der Waals surface area contributed by atoms with Gasteiger partial charge in [0.05, 0.1) is 6.10 Å². The van der Waals surface area contributed by atoms with Crippen LogP contribution in [-0.2, 0) is 0 Å². The number of nitrogens with one attached hydrogen (secondary N) is 1. The summed E-state index contributed by atoms with van der Waals surface area (Å²) in [6, 6.07) is 6.44. The summed E-state index contributed by atoms with van der Waals surface area (Å²) in [7, 11) is 0. The summed E-state index contributed by atoms with van der Waals surface area (Å²) in [5.74, 6) is 5.17. The van der Waals surface area contributed by atoms with Gasteiger partial charge in [-0.2, -0.15) is 0 Å². The van der Waals surface area contributed by atoms with Crippen molar-refractivity contribution in [1.82, 2.24) is 5.43 Å². The molecule has 0 spiro atoms. The minimum Gasteiger partial charge on any atom is -0.508 e. The Morgan fingerprint density at radius 1 is 1.50 bits per heavy atom. The van der Waals surface area contributed by atoms with Crippen molar-refractivity contribution in [3.63, 3.8) is 0 Å². The maximum absolute atomic E-state index is 9.39. The first kappa shape index (κ1) is 8.99. The molecule has 0 aliphatic carbocycles. The zero-order valence-electron chi connectivity index (χ0n) is 6.57. The summed E-state index contributed by atoms with van der Waals surface area (Å²) in [6.45, 7) is 0.267. The van der Waals surface area contributed by atoms with Crippen LogP contribution < -0.4 is 11.3 Å². The van der Waals surface area contributed by atoms with E-state index in [1.165, 1.54) is 6.07 Å². The molecule has 4 heteroatoms. The number of hydrogen-bond acceptors (Lipinski definition) is 4. The van der Waals surface area contributed by atoms with Gasteiger partial charge in [-0.25, -0.2) is 0 Å². The average Bonchev–Trinajstić information content (AvgIpc) is 2.05. The molecule has 0 amide bonds. The number of nitrogens with two attached hydrogens (primary N) is 1. The molecule has 12 heavy (non-hydrogen) atoms. The lowest BCUT2D eigenvalue weighted by atomic mass is 10.1. The Labute approximate surface area is 70.6 Å². The van der Waals surface area contributed by atoms with Gasteiger partial charge < -0.3 is 10.2 Å². The number of phenolic OH excluding ortho intramolecular Hbond substituents is 1. The van der Waals surface area contributed by atoms with Crippen LogP contribution in [0.2, 0.25) is 0 Å². The molecule has 1 atom stereocenters. The molecule has 4 nitrogen and oxygen atoms in total. The third-order valence-electron chi connectivity index (χ3n) is 1.57. The first-order chi connectivity index (χ1) is 5.74. The molecule has 0 fully saturated rings. The largest absolute Gasteiger partial charge is 0.508 e. The van der Waals surface area contributed by atoms with Crippen molar-refractivity contribution in [1.29, 1.82) is 0 Å². The van der Waals surface area contributed by atoms with Crippen molar-refractivity contribution in [3.05, 3.63) is 29.8 Å². The van der Waals surface area contributed by atoms with Crippen molar-refractivity contribution >= 4 is 0 Å². The predicted octanol–water partition coefficient (Wildman–Crippen LogP) is -0.111. The van der Waals surface area contributed by atoms with E-state index in [2.05, 4.69) is 5.43 Å². The molecular weight excluding hydrogens is 156 g/mol. The van der Waals surface area contributed by atoms with Gasteiger partial charge in [-0.3, -0.25) is 11.3 Å². The summed E-state index contributed by atoms with van der Waals surface area (Å²) in [6.07, 6.45) is -0.679. The lowest BCUT2D eigenvalue weighted by Gasteiger charge is -2.09. The molecule has 0 saturated heterocycles. The van der Waals surface area contributed by atoms with Crippen molar-refractivity contribution < 1.29 is 10.2 Å². The van der Waals surface area contributed by atoms with Gasteiger partial charge in [0.1, 0.15) is 5.75 Å². The molecule has 1 unspecified atom stereocenters. The van der Waals surface area contributed by atoms with Crippen LogP contribution in [-0.4, -0.2) is 16.8 Å². The standard InChI is InChI=1S/C8H12N2O2/c9-10-5-8(12)6-2-1-3-7(11)4-6/h1-4,8,10-12H,5,9H2. The highest BCUT2D eigenvalue weighted by Gasteiger charge is 2.05. The van der Waals surface area contributed by atoms with E-state index >= 15 is 0 Å². The second kappa shape index (κ2) is 4.06. The van der Waals surface area contributed by atoms with Crippen molar-refractivity contribution in [2.75, 3.05) is 6.54 Å². The Morgan fingerprint density at radius 2 is 2.25 bits per heavy atom. The van der Waals surface area contributed by atoms with Gasteiger partial charge in [-0.1, -0.05) is 12.1 Å². The van der Waals surface area contributed by atoms with Gasteiger partial charge in [-0.05, 0) is 17.7 Å². The van der Waals surface area contributed by atoms with Crippen LogP contribution in [0.25, 0.3) is 0 Å². The third kappa shape index (κ3) is 2.20. The Hall–Kier alpha value is -1.10. The van der Waals surface area contributed by atoms with Gasteiger partial charge >= 0.3 is 0 Å². The number of aromatic hydroxyl groups is 1. The fourth-order valence-electron chi connectivity index (χ4n) is 0.962. The highest BCUT2D eigenvalue weighted by Crippen LogP contribution is 2.16. The van der Waals surface area contributed by atoms with E-state index < -0.39 is 6.10 Å². The zero-order valence-corrected chi connectivity index (χ0v) is 6.57. The van der Waals surface area contributed by atoms with Crippen LogP contribution >= 0.6 is 0 Å². The fourth-order valence-corrected chi connectivity index (χ4v) is 0.962. The normalized spacial score (nSPS) is 12.8. The lowest BCUT2D eigenvalue weighted by Crippen LogP contribution is -2.27. The van der Waals surface area contributed by atoms with Crippen LogP contribution in [0.5, 0.6) is 5.75 Å². The molecule has 0 aromatic heterocycles. The molecule has 1 aromatic carbocycles. The van der Waals surface area contributed by atoms with E-state index in [-0.39, 0.29) is 12.3 Å². The van der Waals surface area contributed by atoms with Crippen LogP contribution in [0.1, 0.15) is 11.7 Å². The van der Waals surface area contributed by atoms with Gasteiger partial charge in [0.15, 0.2) is 0 Å². The third-order valence-corrected chi connectivity index (χ3v) is 1.57. The number of rotatable bonds is 3. The smallest absolute Gasteiger partial charge is 0.115 e. The lowest BCUT2D eigenvalue weighted by molar-refractivity contribution is 0.175. The molecule has 0 heterocycles. The SMILES string of the molecule is NNCC(O)c1cccc(O)c1. The first-order valence-corrected chi connectivity index (χ1v) is 3.64. The van der Waals surface area contributed by atoms with E-state index in [1.807, 2.05) is 0 Å². The molecule has 0 bridgehead atoms. The molecule has 1 rings (SSSR count). The summed E-state index contributed by atoms with van der Waals surface area (Å²) < 4.78 is 0. The Kier molecular flexibility index (Phi) is 3.04. The Morgan fingerprint density at radius 3 is 2.83 bits per heavy atom. The number of hydrogen-bond donors (Lipinski definition) is 4. The molecule has 0 radical (unpaired) electrons. The minimum absolute atomic E-state index is 0.142. The van der Waals surface area contributed by atoms with Gasteiger partial charge in [0.2, 0.25) is 0 Å². The van der Waals surface area contributed by atoms with E-state index in [4.69, 9.17) is 10.9 Å². The summed E-state index contributed by atoms with van der Waals surface area (Å²) in [5, 5.41) is 18.5. The van der Waals surface area contributed by atoms with Crippen molar-refractivity contribution in [2.45, 2.75) is 6.10 Å². The first-order valence-electron chi connectivity index (χ1n) is 3.64. The predicted molar refractivity (Wildman–Crippen MR) is 45.3 cm³/mol. The molecular formula is C8H12N2O2. The number of benzene rings is 1. The zero-order chi connectivity index (χ0) is 8.97. The maximum Gasteiger partial charge on any atom is 0.115 e. The van der Waals surface area contributed by atoms with Crippen LogP contribution in [0, 0.1) is 0 Å². The van der Waals surface area contributed by atoms with Crippen LogP contribution in [0.4, 0.5) is 0 Å². The number of aliphatic hydroxyl groups is 1. The van der Waals surface area contributed by atoms with E-state index in [9.17, 15) is 5.11 Å². The average molecular weight is 168 g/mol. The van der Waals surface area contributed by atoms with Crippen LogP contribution in [0.15, 0.2) is 24.3 Å². The minimum atomic E-state index is -0.679. The summed E-state index contributed by atoms with van der Waals surface area (Å²) >= 11 is 0. The van der Waals surface area contributed by atoms with Crippen LogP contribution in [0.3, 0.4) is 0 Å². The monoisotopic (exact) mass is 168 g/mol.